The van der Waals surface area contributed by atoms with E-state index in [1.54, 1.807) is 0 Å². The van der Waals surface area contributed by atoms with Crippen LogP contribution in [0.2, 0.25) is 0 Å². The van der Waals surface area contributed by atoms with Crippen molar-refractivity contribution in [3.8, 4) is 0 Å². The van der Waals surface area contributed by atoms with Gasteiger partial charge in [0.25, 0.3) is 0 Å². The van der Waals surface area contributed by atoms with Crippen molar-refractivity contribution < 1.29 is 4.79 Å². The number of benzene rings is 1. The molecule has 5 heteroatoms. The lowest BCUT2D eigenvalue weighted by atomic mass is 9.91. The Hall–Kier alpha value is -2.56. The van der Waals surface area contributed by atoms with Gasteiger partial charge in [-0.25, -0.2) is 4.79 Å². The number of hydrogen-bond donors (Lipinski definition) is 1. The molecule has 2 amide bonds. The topological polar surface area (TPSA) is 50.2 Å². The van der Waals surface area contributed by atoms with Crippen molar-refractivity contribution in [2.75, 3.05) is 6.54 Å². The second kappa shape index (κ2) is 6.63. The minimum atomic E-state index is -0.467. The summed E-state index contributed by atoms with van der Waals surface area (Å²) >= 11 is 0. The first-order valence-corrected chi connectivity index (χ1v) is 9.04. The molecule has 0 saturated heterocycles. The van der Waals surface area contributed by atoms with E-state index in [-0.39, 0.29) is 6.03 Å². The summed E-state index contributed by atoms with van der Waals surface area (Å²) in [6, 6.07) is 8.16. The summed E-state index contributed by atoms with van der Waals surface area (Å²) in [5.74, 6) is 0. The molecule has 3 rings (SSSR count). The van der Waals surface area contributed by atoms with Gasteiger partial charge in [0.15, 0.2) is 0 Å². The van der Waals surface area contributed by atoms with Gasteiger partial charge in [-0.2, -0.15) is 5.10 Å². The van der Waals surface area contributed by atoms with Crippen molar-refractivity contribution in [3.05, 3.63) is 58.9 Å². The van der Waals surface area contributed by atoms with Gasteiger partial charge in [-0.15, -0.1) is 0 Å². The Kier molecular flexibility index (Phi) is 4.65. The van der Waals surface area contributed by atoms with Crippen molar-refractivity contribution in [3.63, 3.8) is 0 Å². The zero-order chi connectivity index (χ0) is 19.1. The molecule has 26 heavy (non-hydrogen) atoms. The van der Waals surface area contributed by atoms with Crippen LogP contribution in [0.1, 0.15) is 48.8 Å². The first-order chi connectivity index (χ1) is 12.2. The molecule has 1 N–H and O–H groups in total. The SMILES string of the molecule is C=C(C)c1cccc(C(C)(C)NC(=O)N2CCc3c(C)nn(C)c3C2)c1. The van der Waals surface area contributed by atoms with Crippen molar-refractivity contribution in [2.24, 2.45) is 7.05 Å². The van der Waals surface area contributed by atoms with Crippen LogP contribution in [0.5, 0.6) is 0 Å². The second-order valence-electron chi connectivity index (χ2n) is 7.72. The minimum Gasteiger partial charge on any atom is -0.329 e. The average Bonchev–Trinajstić information content (AvgIpc) is 2.88. The zero-order valence-electron chi connectivity index (χ0n) is 16.4. The summed E-state index contributed by atoms with van der Waals surface area (Å²) in [6.45, 7) is 13.4. The number of rotatable bonds is 3. The van der Waals surface area contributed by atoms with E-state index in [0.717, 1.165) is 34.5 Å². The van der Waals surface area contributed by atoms with E-state index in [4.69, 9.17) is 0 Å². The average molecular weight is 352 g/mol. The van der Waals surface area contributed by atoms with Crippen LogP contribution in [0.4, 0.5) is 4.79 Å². The van der Waals surface area contributed by atoms with E-state index < -0.39 is 5.54 Å². The van der Waals surface area contributed by atoms with Gasteiger partial charge in [-0.1, -0.05) is 30.4 Å². The fraction of sp³-hybridized carbons (Fsp3) is 0.429. The second-order valence-corrected chi connectivity index (χ2v) is 7.72. The summed E-state index contributed by atoms with van der Waals surface area (Å²) in [5.41, 5.74) is 6.20. The van der Waals surface area contributed by atoms with Crippen molar-refractivity contribution >= 4 is 11.6 Å². The number of hydrogen-bond acceptors (Lipinski definition) is 2. The van der Waals surface area contributed by atoms with Gasteiger partial charge in [0.2, 0.25) is 0 Å². The van der Waals surface area contributed by atoms with Gasteiger partial charge < -0.3 is 10.2 Å². The van der Waals surface area contributed by atoms with Gasteiger partial charge in [0.1, 0.15) is 0 Å². The number of carbonyl (C=O) groups is 1. The number of allylic oxidation sites excluding steroid dienone is 1. The van der Waals surface area contributed by atoms with Crippen LogP contribution >= 0.6 is 0 Å². The molecule has 1 aromatic heterocycles. The van der Waals surface area contributed by atoms with Gasteiger partial charge in [-0.3, -0.25) is 4.68 Å². The summed E-state index contributed by atoms with van der Waals surface area (Å²) in [7, 11) is 1.94. The third-order valence-corrected chi connectivity index (χ3v) is 5.23. The Morgan fingerprint density at radius 1 is 1.35 bits per heavy atom. The number of carbonyl (C=O) groups excluding carboxylic acids is 1. The summed E-state index contributed by atoms with van der Waals surface area (Å²) < 4.78 is 1.89. The predicted octanol–water partition coefficient (Wildman–Crippen LogP) is 3.76. The summed E-state index contributed by atoms with van der Waals surface area (Å²) in [5, 5.41) is 7.68. The molecule has 0 bridgehead atoms. The molecule has 1 aromatic carbocycles. The van der Waals surface area contributed by atoms with Crippen LogP contribution in [-0.2, 0) is 25.6 Å². The predicted molar refractivity (Wildman–Crippen MR) is 105 cm³/mol. The van der Waals surface area contributed by atoms with Gasteiger partial charge >= 0.3 is 6.03 Å². The maximum absolute atomic E-state index is 12.9. The Labute approximate surface area is 155 Å². The minimum absolute atomic E-state index is 0.0415. The lowest BCUT2D eigenvalue weighted by molar-refractivity contribution is 0.179. The van der Waals surface area contributed by atoms with Crippen molar-refractivity contribution in [1.29, 1.82) is 0 Å². The third-order valence-electron chi connectivity index (χ3n) is 5.23. The van der Waals surface area contributed by atoms with Crippen LogP contribution in [0, 0.1) is 6.92 Å². The Balaban J connectivity index is 1.76. The molecule has 0 radical (unpaired) electrons. The molecule has 2 aromatic rings. The molecule has 2 heterocycles. The normalized spacial score (nSPS) is 14.1. The van der Waals surface area contributed by atoms with Crippen LogP contribution in [0.3, 0.4) is 0 Å². The fourth-order valence-corrected chi connectivity index (χ4v) is 3.54. The van der Waals surface area contributed by atoms with E-state index in [1.165, 1.54) is 5.56 Å². The lowest BCUT2D eigenvalue weighted by Gasteiger charge is -2.33. The molecule has 5 nitrogen and oxygen atoms in total. The number of fused-ring (bicyclic) bond motifs is 1. The molecule has 0 aliphatic carbocycles. The number of aromatic nitrogens is 2. The fourth-order valence-electron chi connectivity index (χ4n) is 3.54. The molecule has 0 spiro atoms. The number of aryl methyl sites for hydroxylation is 2. The summed E-state index contributed by atoms with van der Waals surface area (Å²) in [4.78, 5) is 14.8. The highest BCUT2D eigenvalue weighted by Crippen LogP contribution is 2.25. The van der Waals surface area contributed by atoms with E-state index in [2.05, 4.69) is 23.1 Å². The van der Waals surface area contributed by atoms with Gasteiger partial charge in [0.05, 0.1) is 23.5 Å². The molecular weight excluding hydrogens is 324 g/mol. The molecule has 0 atom stereocenters. The number of amides is 2. The Bertz CT molecular complexity index is 863. The molecule has 0 unspecified atom stereocenters. The van der Waals surface area contributed by atoms with E-state index in [9.17, 15) is 4.79 Å². The standard InChI is InChI=1S/C21H28N4O/c1-14(2)16-8-7-9-17(12-16)21(4,5)22-20(26)25-11-10-18-15(3)23-24(6)19(18)13-25/h7-9,12H,1,10-11,13H2,2-6H3,(H,22,26). The van der Waals surface area contributed by atoms with E-state index >= 15 is 0 Å². The first kappa shape index (κ1) is 18.2. The highest BCUT2D eigenvalue weighted by atomic mass is 16.2. The van der Waals surface area contributed by atoms with Gasteiger partial charge in [0, 0.05) is 13.6 Å². The quantitative estimate of drug-likeness (QED) is 0.914. The first-order valence-electron chi connectivity index (χ1n) is 9.04. The smallest absolute Gasteiger partial charge is 0.318 e. The van der Waals surface area contributed by atoms with E-state index in [0.29, 0.717) is 13.1 Å². The molecule has 0 fully saturated rings. The van der Waals surface area contributed by atoms with Crippen molar-refractivity contribution in [1.82, 2.24) is 20.0 Å². The number of nitrogens with one attached hydrogen (secondary N) is 1. The van der Waals surface area contributed by atoms with Crippen molar-refractivity contribution in [2.45, 2.75) is 46.2 Å². The van der Waals surface area contributed by atoms with Crippen LogP contribution in [0.25, 0.3) is 5.57 Å². The number of nitrogens with zero attached hydrogens (tertiary/aromatic N) is 3. The maximum Gasteiger partial charge on any atom is 0.318 e. The molecule has 1 aliphatic heterocycles. The molecule has 1 aliphatic rings. The maximum atomic E-state index is 12.9. The van der Waals surface area contributed by atoms with E-state index in [1.807, 2.05) is 62.5 Å². The largest absolute Gasteiger partial charge is 0.329 e. The monoisotopic (exact) mass is 352 g/mol. The van der Waals surface area contributed by atoms with Crippen LogP contribution < -0.4 is 5.32 Å². The zero-order valence-corrected chi connectivity index (χ0v) is 16.4. The third kappa shape index (κ3) is 3.39. The Morgan fingerprint density at radius 2 is 2.08 bits per heavy atom. The van der Waals surface area contributed by atoms with Crippen LogP contribution in [0.15, 0.2) is 30.8 Å². The highest BCUT2D eigenvalue weighted by Gasteiger charge is 2.29. The molecule has 0 saturated carbocycles. The Morgan fingerprint density at radius 3 is 2.77 bits per heavy atom. The summed E-state index contributed by atoms with van der Waals surface area (Å²) in [6.07, 6.45) is 0.855. The molecule has 138 valence electrons. The number of urea groups is 1. The van der Waals surface area contributed by atoms with Crippen LogP contribution in [-0.4, -0.2) is 27.3 Å². The highest BCUT2D eigenvalue weighted by molar-refractivity contribution is 5.76. The van der Waals surface area contributed by atoms with Gasteiger partial charge in [-0.05, 0) is 56.9 Å². The molecular formula is C21H28N4O. The lowest BCUT2D eigenvalue weighted by Crippen LogP contribution is -2.49.